The smallest absolute Gasteiger partial charge is 0.329 e. The fourth-order valence-corrected chi connectivity index (χ4v) is 1.69. The molecule has 0 unspecified atom stereocenters. The van der Waals surface area contributed by atoms with E-state index < -0.39 is 11.8 Å². The third-order valence-electron chi connectivity index (χ3n) is 1.61. The number of hydrazone groups is 1. The molecule has 0 fully saturated rings. The van der Waals surface area contributed by atoms with E-state index in [0.717, 1.165) is 11.3 Å². The van der Waals surface area contributed by atoms with E-state index in [-0.39, 0.29) is 0 Å². The number of hydrogen-bond donors (Lipinski definition) is 2. The van der Waals surface area contributed by atoms with E-state index in [1.54, 1.807) is 11.3 Å². The van der Waals surface area contributed by atoms with Gasteiger partial charge in [0.15, 0.2) is 0 Å². The quantitative estimate of drug-likeness (QED) is 0.439. The number of amides is 2. The Morgan fingerprint density at radius 1 is 1.60 bits per heavy atom. The summed E-state index contributed by atoms with van der Waals surface area (Å²) in [5.74, 6) is -1.97. The molecule has 6 heteroatoms. The van der Waals surface area contributed by atoms with Gasteiger partial charge in [0.1, 0.15) is 0 Å². The number of carbonyl (C=O) groups is 2. The maximum Gasteiger partial charge on any atom is 0.329 e. The molecule has 5 nitrogen and oxygen atoms in total. The van der Waals surface area contributed by atoms with E-state index in [2.05, 4.69) is 12.0 Å². The Hall–Kier alpha value is -1.69. The number of nitrogens with two attached hydrogens (primary N) is 1. The predicted molar refractivity (Wildman–Crippen MR) is 58.6 cm³/mol. The summed E-state index contributed by atoms with van der Waals surface area (Å²) >= 11 is 1.58. The number of rotatable bonds is 3. The molecule has 80 valence electrons. The number of nitrogens with one attached hydrogen (secondary N) is 1. The molecular weight excluding hydrogens is 214 g/mol. The number of thiophene rings is 1. The summed E-state index contributed by atoms with van der Waals surface area (Å²) in [6, 6.07) is 3.88. The Kier molecular flexibility index (Phi) is 3.99. The van der Waals surface area contributed by atoms with Crippen LogP contribution in [0.15, 0.2) is 17.2 Å². The maximum atomic E-state index is 10.7. The first-order chi connectivity index (χ1) is 7.13. The van der Waals surface area contributed by atoms with Gasteiger partial charge in [-0.3, -0.25) is 9.59 Å². The molecule has 0 aromatic carbocycles. The number of carbonyl (C=O) groups excluding carboxylic acids is 2. The van der Waals surface area contributed by atoms with Crippen molar-refractivity contribution < 1.29 is 9.59 Å². The molecule has 2 amide bonds. The summed E-state index contributed by atoms with van der Waals surface area (Å²) in [6.45, 7) is 2.06. The molecule has 1 rings (SSSR count). The number of primary amides is 1. The lowest BCUT2D eigenvalue weighted by Gasteiger charge is -1.91. The Balaban J connectivity index is 2.51. The van der Waals surface area contributed by atoms with E-state index in [1.165, 1.54) is 11.1 Å². The average Bonchev–Trinajstić information content (AvgIpc) is 2.65. The molecule has 0 aliphatic carbocycles. The largest absolute Gasteiger partial charge is 0.361 e. The van der Waals surface area contributed by atoms with Gasteiger partial charge in [0.25, 0.3) is 0 Å². The highest BCUT2D eigenvalue weighted by Gasteiger charge is 2.05. The molecule has 0 aliphatic heterocycles. The van der Waals surface area contributed by atoms with Crippen LogP contribution in [0, 0.1) is 0 Å². The van der Waals surface area contributed by atoms with Crippen LogP contribution in [0.25, 0.3) is 0 Å². The van der Waals surface area contributed by atoms with E-state index in [9.17, 15) is 9.59 Å². The normalized spacial score (nSPS) is 10.5. The Labute approximate surface area is 91.0 Å². The van der Waals surface area contributed by atoms with E-state index in [4.69, 9.17) is 5.73 Å². The molecule has 0 radical (unpaired) electrons. The van der Waals surface area contributed by atoms with Gasteiger partial charge in [0.05, 0.1) is 6.21 Å². The van der Waals surface area contributed by atoms with Crippen molar-refractivity contribution >= 4 is 29.4 Å². The van der Waals surface area contributed by atoms with Crippen molar-refractivity contribution in [3.05, 3.63) is 21.9 Å². The van der Waals surface area contributed by atoms with Crippen LogP contribution in [0.3, 0.4) is 0 Å². The molecule has 0 bridgehead atoms. The van der Waals surface area contributed by atoms with Gasteiger partial charge in [0, 0.05) is 9.75 Å². The van der Waals surface area contributed by atoms with Gasteiger partial charge in [-0.1, -0.05) is 6.92 Å². The first-order valence-electron chi connectivity index (χ1n) is 4.35. The zero-order valence-electron chi connectivity index (χ0n) is 8.19. The number of nitrogens with zero attached hydrogens (tertiary/aromatic N) is 1. The lowest BCUT2D eigenvalue weighted by Crippen LogP contribution is -2.32. The lowest BCUT2D eigenvalue weighted by atomic mass is 10.4. The van der Waals surface area contributed by atoms with Crippen LogP contribution < -0.4 is 11.2 Å². The molecule has 15 heavy (non-hydrogen) atoms. The summed E-state index contributed by atoms with van der Waals surface area (Å²) in [5.41, 5.74) is 6.74. The van der Waals surface area contributed by atoms with Gasteiger partial charge in [-0.15, -0.1) is 11.3 Å². The Bertz CT molecular complexity index is 398. The van der Waals surface area contributed by atoms with Crippen molar-refractivity contribution in [2.45, 2.75) is 13.3 Å². The summed E-state index contributed by atoms with van der Waals surface area (Å²) in [4.78, 5) is 23.2. The van der Waals surface area contributed by atoms with Crippen LogP contribution in [0.1, 0.15) is 16.7 Å². The lowest BCUT2D eigenvalue weighted by molar-refractivity contribution is -0.137. The first kappa shape index (κ1) is 11.4. The summed E-state index contributed by atoms with van der Waals surface area (Å²) in [6.07, 6.45) is 2.44. The Morgan fingerprint density at radius 2 is 2.33 bits per heavy atom. The fourth-order valence-electron chi connectivity index (χ4n) is 0.864. The number of hydrogen-bond acceptors (Lipinski definition) is 4. The molecule has 0 saturated heterocycles. The molecule has 3 N–H and O–H groups in total. The molecule has 0 saturated carbocycles. The van der Waals surface area contributed by atoms with Crippen molar-refractivity contribution in [1.29, 1.82) is 0 Å². The maximum absolute atomic E-state index is 10.7. The summed E-state index contributed by atoms with van der Waals surface area (Å²) in [7, 11) is 0. The second kappa shape index (κ2) is 5.26. The highest BCUT2D eigenvalue weighted by molar-refractivity contribution is 7.13. The van der Waals surface area contributed by atoms with Crippen molar-refractivity contribution in [3.8, 4) is 0 Å². The second-order valence-electron chi connectivity index (χ2n) is 2.72. The van der Waals surface area contributed by atoms with Crippen molar-refractivity contribution in [2.24, 2.45) is 10.8 Å². The molecule has 0 aliphatic rings. The monoisotopic (exact) mass is 225 g/mol. The van der Waals surface area contributed by atoms with Crippen LogP contribution >= 0.6 is 11.3 Å². The van der Waals surface area contributed by atoms with Gasteiger partial charge in [-0.25, -0.2) is 5.43 Å². The van der Waals surface area contributed by atoms with E-state index in [0.29, 0.717) is 0 Å². The summed E-state index contributed by atoms with van der Waals surface area (Å²) < 4.78 is 0. The van der Waals surface area contributed by atoms with Gasteiger partial charge < -0.3 is 5.73 Å². The minimum absolute atomic E-state index is 0.914. The average molecular weight is 225 g/mol. The molecule has 1 heterocycles. The van der Waals surface area contributed by atoms with E-state index >= 15 is 0 Å². The standard InChI is InChI=1S/C9H11N3O2S/c1-2-6-3-4-7(15-6)5-11-12-9(14)8(10)13/h3-5H,2H2,1H3,(H2,10,13)(H,12,14)/b11-5-. The zero-order valence-corrected chi connectivity index (χ0v) is 9.00. The molecule has 0 spiro atoms. The topological polar surface area (TPSA) is 84.6 Å². The highest BCUT2D eigenvalue weighted by atomic mass is 32.1. The molecular formula is C9H11N3O2S. The first-order valence-corrected chi connectivity index (χ1v) is 5.16. The van der Waals surface area contributed by atoms with Crippen LogP contribution in [-0.4, -0.2) is 18.0 Å². The van der Waals surface area contributed by atoms with Gasteiger partial charge in [-0.2, -0.15) is 5.10 Å². The Morgan fingerprint density at radius 3 is 2.87 bits per heavy atom. The van der Waals surface area contributed by atoms with Crippen LogP contribution in [0.4, 0.5) is 0 Å². The number of aryl methyl sites for hydroxylation is 1. The van der Waals surface area contributed by atoms with Crippen LogP contribution in [0.5, 0.6) is 0 Å². The molecule has 1 aromatic rings. The second-order valence-corrected chi connectivity index (χ2v) is 3.92. The third-order valence-corrected chi connectivity index (χ3v) is 2.78. The van der Waals surface area contributed by atoms with Crippen molar-refractivity contribution in [2.75, 3.05) is 0 Å². The molecule has 1 aromatic heterocycles. The van der Waals surface area contributed by atoms with Crippen molar-refractivity contribution in [3.63, 3.8) is 0 Å². The summed E-state index contributed by atoms with van der Waals surface area (Å²) in [5, 5.41) is 3.60. The van der Waals surface area contributed by atoms with Gasteiger partial charge in [-0.05, 0) is 18.6 Å². The minimum Gasteiger partial charge on any atom is -0.361 e. The van der Waals surface area contributed by atoms with Gasteiger partial charge in [0.2, 0.25) is 0 Å². The predicted octanol–water partition coefficient (Wildman–Crippen LogP) is 0.246. The third kappa shape index (κ3) is 3.51. The zero-order chi connectivity index (χ0) is 11.3. The minimum atomic E-state index is -1.05. The van der Waals surface area contributed by atoms with E-state index in [1.807, 2.05) is 17.6 Å². The highest BCUT2D eigenvalue weighted by Crippen LogP contribution is 2.14. The van der Waals surface area contributed by atoms with Crippen LogP contribution in [-0.2, 0) is 16.0 Å². The fraction of sp³-hybridized carbons (Fsp3) is 0.222. The molecule has 0 atom stereocenters. The SMILES string of the molecule is CCc1ccc(/C=N\NC(=O)C(N)=O)s1. The van der Waals surface area contributed by atoms with Gasteiger partial charge >= 0.3 is 11.8 Å². The van der Waals surface area contributed by atoms with Crippen molar-refractivity contribution in [1.82, 2.24) is 5.43 Å². The van der Waals surface area contributed by atoms with Crippen LogP contribution in [0.2, 0.25) is 0 Å².